The van der Waals surface area contributed by atoms with Gasteiger partial charge in [-0.1, -0.05) is 12.8 Å². The molecule has 1 saturated carbocycles. The monoisotopic (exact) mass is 288 g/mol. The maximum atomic E-state index is 12.2. The maximum Gasteiger partial charge on any atom is 0.321 e. The van der Waals surface area contributed by atoms with Crippen LogP contribution in [0.15, 0.2) is 24.3 Å². The number of nitrogens with two attached hydrogens (primary N) is 1. The average molecular weight is 288 g/mol. The molecular formula is C15H20N4O2. The van der Waals surface area contributed by atoms with Crippen LogP contribution in [-0.2, 0) is 4.79 Å². The lowest BCUT2D eigenvalue weighted by Crippen LogP contribution is -2.48. The minimum atomic E-state index is -0.729. The van der Waals surface area contributed by atoms with Crippen LogP contribution in [0.25, 0.3) is 0 Å². The predicted octanol–water partition coefficient (Wildman–Crippen LogP) is 1.43. The number of nitrogens with zero attached hydrogens (tertiary/aromatic N) is 1. The zero-order valence-electron chi connectivity index (χ0n) is 11.9. The third-order valence-electron chi connectivity index (χ3n) is 4.24. The fraction of sp³-hybridized carbons (Fsp3) is 0.467. The van der Waals surface area contributed by atoms with Gasteiger partial charge in [0.1, 0.15) is 0 Å². The van der Waals surface area contributed by atoms with E-state index in [4.69, 9.17) is 5.73 Å². The van der Waals surface area contributed by atoms with Crippen molar-refractivity contribution < 1.29 is 9.59 Å². The number of benzene rings is 1. The van der Waals surface area contributed by atoms with E-state index in [-0.39, 0.29) is 11.9 Å². The highest BCUT2D eigenvalue weighted by Gasteiger charge is 2.36. The summed E-state index contributed by atoms with van der Waals surface area (Å²) < 4.78 is 0. The normalized spacial score (nSPS) is 20.4. The Labute approximate surface area is 123 Å². The molecule has 1 aromatic carbocycles. The molecule has 2 aliphatic rings. The molecule has 1 saturated heterocycles. The van der Waals surface area contributed by atoms with E-state index in [0.29, 0.717) is 18.8 Å². The van der Waals surface area contributed by atoms with Crippen LogP contribution in [-0.4, -0.2) is 30.6 Å². The first kappa shape index (κ1) is 13.9. The molecule has 21 heavy (non-hydrogen) atoms. The summed E-state index contributed by atoms with van der Waals surface area (Å²) in [6, 6.07) is 7.18. The van der Waals surface area contributed by atoms with E-state index in [0.717, 1.165) is 31.4 Å². The van der Waals surface area contributed by atoms with Gasteiger partial charge in [0.25, 0.3) is 0 Å². The number of carbonyl (C=O) groups is 2. The molecule has 0 bridgehead atoms. The van der Waals surface area contributed by atoms with E-state index in [1.165, 1.54) is 0 Å². The predicted molar refractivity (Wildman–Crippen MR) is 81.2 cm³/mol. The highest BCUT2D eigenvalue weighted by molar-refractivity contribution is 5.99. The van der Waals surface area contributed by atoms with E-state index in [1.807, 2.05) is 12.1 Å². The number of anilines is 2. The van der Waals surface area contributed by atoms with Gasteiger partial charge in [0, 0.05) is 24.5 Å². The summed E-state index contributed by atoms with van der Waals surface area (Å²) >= 11 is 0. The molecule has 3 rings (SSSR count). The summed E-state index contributed by atoms with van der Waals surface area (Å²) in [5.41, 5.74) is 6.93. The Morgan fingerprint density at radius 2 is 1.90 bits per heavy atom. The van der Waals surface area contributed by atoms with Crippen molar-refractivity contribution in [1.82, 2.24) is 5.32 Å². The fourth-order valence-electron chi connectivity index (χ4n) is 2.93. The minimum Gasteiger partial charge on any atom is -0.336 e. The molecule has 3 amide bonds. The van der Waals surface area contributed by atoms with Gasteiger partial charge in [-0.2, -0.15) is 0 Å². The first-order valence-electron chi connectivity index (χ1n) is 7.34. The molecule has 6 nitrogen and oxygen atoms in total. The number of nitrogens with one attached hydrogen (secondary N) is 2. The van der Waals surface area contributed by atoms with Crippen LogP contribution < -0.4 is 21.3 Å². The molecule has 0 spiro atoms. The maximum absolute atomic E-state index is 12.2. The van der Waals surface area contributed by atoms with E-state index in [9.17, 15) is 9.59 Å². The summed E-state index contributed by atoms with van der Waals surface area (Å²) in [5.74, 6) is -0.119. The van der Waals surface area contributed by atoms with E-state index < -0.39 is 5.54 Å². The number of rotatable bonds is 3. The summed E-state index contributed by atoms with van der Waals surface area (Å²) in [7, 11) is 0. The third-order valence-corrected chi connectivity index (χ3v) is 4.24. The first-order chi connectivity index (χ1) is 10.1. The molecule has 2 fully saturated rings. The van der Waals surface area contributed by atoms with Gasteiger partial charge >= 0.3 is 6.03 Å². The number of amides is 3. The Bertz CT molecular complexity index is 549. The lowest BCUT2D eigenvalue weighted by molar-refractivity contribution is -0.121. The van der Waals surface area contributed by atoms with Crippen molar-refractivity contribution in [3.05, 3.63) is 24.3 Å². The highest BCUT2D eigenvalue weighted by atomic mass is 16.2. The topological polar surface area (TPSA) is 87.5 Å². The number of hydrogen-bond donors (Lipinski definition) is 3. The van der Waals surface area contributed by atoms with Gasteiger partial charge in [0.05, 0.1) is 5.54 Å². The van der Waals surface area contributed by atoms with Crippen molar-refractivity contribution in [1.29, 1.82) is 0 Å². The second-order valence-corrected chi connectivity index (χ2v) is 5.75. The molecule has 6 heteroatoms. The van der Waals surface area contributed by atoms with Crippen molar-refractivity contribution in [2.75, 3.05) is 23.3 Å². The summed E-state index contributed by atoms with van der Waals surface area (Å²) in [5, 5.41) is 5.63. The van der Waals surface area contributed by atoms with Gasteiger partial charge < -0.3 is 16.4 Å². The van der Waals surface area contributed by atoms with Gasteiger partial charge in [-0.05, 0) is 37.1 Å². The van der Waals surface area contributed by atoms with Crippen LogP contribution in [0.1, 0.15) is 25.7 Å². The van der Waals surface area contributed by atoms with Gasteiger partial charge in [0.2, 0.25) is 5.91 Å². The first-order valence-corrected chi connectivity index (χ1v) is 7.34. The molecule has 0 unspecified atom stereocenters. The van der Waals surface area contributed by atoms with Crippen molar-refractivity contribution in [3.8, 4) is 0 Å². The molecule has 0 atom stereocenters. The standard InChI is InChI=1S/C15H20N4O2/c16-15(7-1-2-8-15)13(20)18-11-3-5-12(6-4-11)19-10-9-17-14(19)21/h3-6H,1-2,7-10,16H2,(H,17,21)(H,18,20). The van der Waals surface area contributed by atoms with E-state index >= 15 is 0 Å². The van der Waals surface area contributed by atoms with Crippen molar-refractivity contribution in [2.24, 2.45) is 5.73 Å². The van der Waals surface area contributed by atoms with Crippen LogP contribution in [0, 0.1) is 0 Å². The van der Waals surface area contributed by atoms with Crippen LogP contribution in [0.5, 0.6) is 0 Å². The molecule has 1 aliphatic heterocycles. The fourth-order valence-corrected chi connectivity index (χ4v) is 2.93. The lowest BCUT2D eigenvalue weighted by atomic mass is 9.98. The smallest absolute Gasteiger partial charge is 0.321 e. The molecule has 4 N–H and O–H groups in total. The summed E-state index contributed by atoms with van der Waals surface area (Å²) in [6.07, 6.45) is 3.50. The Kier molecular flexibility index (Phi) is 3.55. The molecule has 0 radical (unpaired) electrons. The third kappa shape index (κ3) is 2.71. The Morgan fingerprint density at radius 1 is 1.24 bits per heavy atom. The number of hydrogen-bond acceptors (Lipinski definition) is 3. The highest BCUT2D eigenvalue weighted by Crippen LogP contribution is 2.28. The number of urea groups is 1. The van der Waals surface area contributed by atoms with E-state index in [2.05, 4.69) is 10.6 Å². The minimum absolute atomic E-state index is 0.0846. The van der Waals surface area contributed by atoms with Crippen molar-refractivity contribution in [3.63, 3.8) is 0 Å². The molecule has 1 aliphatic carbocycles. The second kappa shape index (κ2) is 5.37. The average Bonchev–Trinajstić information content (AvgIpc) is 3.09. The van der Waals surface area contributed by atoms with Crippen molar-refractivity contribution >= 4 is 23.3 Å². The Hall–Kier alpha value is -2.08. The van der Waals surface area contributed by atoms with Crippen molar-refractivity contribution in [2.45, 2.75) is 31.2 Å². The molecule has 0 aromatic heterocycles. The largest absolute Gasteiger partial charge is 0.336 e. The van der Waals surface area contributed by atoms with Gasteiger partial charge in [-0.15, -0.1) is 0 Å². The number of carbonyl (C=O) groups excluding carboxylic acids is 2. The molecular weight excluding hydrogens is 268 g/mol. The van der Waals surface area contributed by atoms with E-state index in [1.54, 1.807) is 17.0 Å². The SMILES string of the molecule is NC1(C(=O)Nc2ccc(N3CCNC3=O)cc2)CCCC1. The van der Waals surface area contributed by atoms with Crippen LogP contribution in [0.3, 0.4) is 0 Å². The molecule has 112 valence electrons. The molecule has 1 heterocycles. The van der Waals surface area contributed by atoms with Gasteiger partial charge in [-0.3, -0.25) is 9.69 Å². The lowest BCUT2D eigenvalue weighted by Gasteiger charge is -2.22. The molecule has 1 aromatic rings. The Morgan fingerprint density at radius 3 is 2.48 bits per heavy atom. The zero-order chi connectivity index (χ0) is 14.9. The summed E-state index contributed by atoms with van der Waals surface area (Å²) in [4.78, 5) is 25.5. The van der Waals surface area contributed by atoms with Gasteiger partial charge in [-0.25, -0.2) is 4.79 Å². The Balaban J connectivity index is 1.67. The van der Waals surface area contributed by atoms with Crippen LogP contribution in [0.4, 0.5) is 16.2 Å². The van der Waals surface area contributed by atoms with Crippen LogP contribution in [0.2, 0.25) is 0 Å². The second-order valence-electron chi connectivity index (χ2n) is 5.75. The van der Waals surface area contributed by atoms with Gasteiger partial charge in [0.15, 0.2) is 0 Å². The van der Waals surface area contributed by atoms with Crippen LogP contribution >= 0.6 is 0 Å². The summed E-state index contributed by atoms with van der Waals surface area (Å²) in [6.45, 7) is 1.32. The zero-order valence-corrected chi connectivity index (χ0v) is 11.9. The quantitative estimate of drug-likeness (QED) is 0.786.